The van der Waals surface area contributed by atoms with E-state index in [0.717, 1.165) is 12.2 Å². The van der Waals surface area contributed by atoms with Crippen LogP contribution in [0.4, 0.5) is 4.39 Å². The van der Waals surface area contributed by atoms with Crippen LogP contribution in [0.25, 0.3) is 22.3 Å². The lowest BCUT2D eigenvalue weighted by atomic mass is 9.81. The van der Waals surface area contributed by atoms with E-state index in [-0.39, 0.29) is 42.6 Å². The molecule has 0 radical (unpaired) electrons. The molecule has 0 saturated heterocycles. The average molecular weight is 1080 g/mol. The number of carbonyl (C=O) groups is 10. The van der Waals surface area contributed by atoms with Crippen molar-refractivity contribution < 1.29 is 72.0 Å². The number of benzene rings is 2. The number of halogens is 1. The lowest BCUT2D eigenvalue weighted by Gasteiger charge is -2.31. The molecule has 0 bridgehead atoms. The third-order valence-electron chi connectivity index (χ3n) is 14.0. The molecule has 3 aliphatic heterocycles. The van der Waals surface area contributed by atoms with Gasteiger partial charge in [0.1, 0.15) is 37.3 Å². The van der Waals surface area contributed by atoms with Crippen molar-refractivity contribution in [1.82, 2.24) is 51.7 Å². The van der Waals surface area contributed by atoms with Gasteiger partial charge in [-0.3, -0.25) is 52.8 Å². The lowest BCUT2D eigenvalue weighted by molar-refractivity contribution is -0.172. The molecule has 0 spiro atoms. The van der Waals surface area contributed by atoms with Gasteiger partial charge in [-0.15, -0.1) is 0 Å². The number of cyclic esters (lactones) is 1. The highest BCUT2D eigenvalue weighted by Gasteiger charge is 2.46. The van der Waals surface area contributed by atoms with Gasteiger partial charge in [-0.05, 0) is 61.4 Å². The van der Waals surface area contributed by atoms with Crippen molar-refractivity contribution in [1.29, 1.82) is 0 Å². The summed E-state index contributed by atoms with van der Waals surface area (Å²) < 4.78 is 27.8. The van der Waals surface area contributed by atoms with Gasteiger partial charge in [-0.2, -0.15) is 0 Å². The molecule has 8 amide bonds. The minimum atomic E-state index is -2.07. The van der Waals surface area contributed by atoms with E-state index in [1.807, 2.05) is 0 Å². The van der Waals surface area contributed by atoms with Gasteiger partial charge in [0.2, 0.25) is 35.4 Å². The third-order valence-corrected chi connectivity index (χ3v) is 14.0. The fourth-order valence-electron chi connectivity index (χ4n) is 9.83. The number of aryl methyl sites for hydroxylation is 1. The van der Waals surface area contributed by atoms with Crippen LogP contribution in [0.2, 0.25) is 0 Å². The first-order valence-electron chi connectivity index (χ1n) is 24.8. The number of aromatic nitrogens is 2. The summed E-state index contributed by atoms with van der Waals surface area (Å²) in [7, 11) is 0. The number of carboxylic acids is 1. The number of rotatable bonds is 22. The van der Waals surface area contributed by atoms with E-state index in [1.54, 1.807) is 50.2 Å². The van der Waals surface area contributed by atoms with Gasteiger partial charge in [0, 0.05) is 47.7 Å². The number of hydrogen-bond acceptors (Lipinski definition) is 16. The Morgan fingerprint density at radius 3 is 2.24 bits per heavy atom. The number of nitrogens with zero attached hydrogens (tertiary/aromatic N) is 3. The minimum absolute atomic E-state index is 0.0285. The number of nitrogens with one attached hydrogen (secondary N) is 7. The van der Waals surface area contributed by atoms with Gasteiger partial charge >= 0.3 is 11.9 Å². The smallest absolute Gasteiger partial charge is 0.343 e. The maximum absolute atomic E-state index is 15.4. The second kappa shape index (κ2) is 23.2. The molecule has 2 aromatic carbocycles. The fraction of sp³-hybridized carbons (Fsp3) is 0.385. The molecule has 8 rings (SSSR count). The Morgan fingerprint density at radius 2 is 1.55 bits per heavy atom. The fourth-order valence-corrected chi connectivity index (χ4v) is 9.83. The molecule has 78 heavy (non-hydrogen) atoms. The molecule has 0 fully saturated rings. The molecular weight excluding hydrogens is 1020 g/mol. The van der Waals surface area contributed by atoms with E-state index in [2.05, 4.69) is 37.2 Å². The Morgan fingerprint density at radius 1 is 0.872 bits per heavy atom. The zero-order valence-corrected chi connectivity index (χ0v) is 42.4. The van der Waals surface area contributed by atoms with Crippen LogP contribution in [0, 0.1) is 12.7 Å². The molecule has 25 nitrogen and oxygen atoms in total. The van der Waals surface area contributed by atoms with Crippen LogP contribution in [0.1, 0.15) is 71.7 Å². The zero-order valence-electron chi connectivity index (χ0n) is 42.4. The molecule has 0 unspecified atom stereocenters. The van der Waals surface area contributed by atoms with Crippen LogP contribution in [-0.4, -0.2) is 142 Å². The molecule has 5 atom stereocenters. The number of carboxylic acid groups (broad SMARTS) is 1. The van der Waals surface area contributed by atoms with Gasteiger partial charge in [-0.1, -0.05) is 37.3 Å². The van der Waals surface area contributed by atoms with Crippen molar-refractivity contribution in [3.63, 3.8) is 0 Å². The summed E-state index contributed by atoms with van der Waals surface area (Å²) in [5, 5.41) is 38.4. The molecule has 410 valence electrons. The summed E-state index contributed by atoms with van der Waals surface area (Å²) in [6.07, 6.45) is 1.33. The van der Waals surface area contributed by atoms with Crippen molar-refractivity contribution in [2.45, 2.75) is 89.4 Å². The van der Waals surface area contributed by atoms with Crippen LogP contribution >= 0.6 is 0 Å². The monoisotopic (exact) mass is 1080 g/mol. The molecule has 0 saturated carbocycles. The molecular formula is C52H55FN10O15. The van der Waals surface area contributed by atoms with Gasteiger partial charge in [0.15, 0.2) is 5.60 Å². The highest BCUT2D eigenvalue weighted by atomic mass is 19.1. The maximum atomic E-state index is 15.4. The summed E-state index contributed by atoms with van der Waals surface area (Å²) in [6, 6.07) is 7.96. The van der Waals surface area contributed by atoms with E-state index in [1.165, 1.54) is 17.6 Å². The number of ether oxygens (including phenoxy) is 2. The number of pyridine rings is 2. The number of hydrogen-bond donors (Lipinski definition) is 9. The number of amides is 8. The van der Waals surface area contributed by atoms with Crippen LogP contribution < -0.4 is 42.8 Å². The Kier molecular flexibility index (Phi) is 16.5. The third kappa shape index (κ3) is 11.5. The first-order chi connectivity index (χ1) is 37.2. The SMILES string of the molecule is CC[C@@]1(O)C(=O)OCc2c1cc1n(c2=O)Cc2c-1nc1cc(F)c(C)c3c1c2[C@@H](NC(=O)[C@H](C)OCNC(=O)CNC(=O)[C@H](Cc1ccccc1)NC(=O)CNC(=O)CNC(=O)[C@@H](CNCC(=O)O)N1C(=O)C=CC1=O)CC3. The van der Waals surface area contributed by atoms with E-state index in [4.69, 9.17) is 19.6 Å². The predicted octanol–water partition coefficient (Wildman–Crippen LogP) is -1.85. The van der Waals surface area contributed by atoms with Crippen molar-refractivity contribution in [2.75, 3.05) is 39.5 Å². The molecule has 5 heterocycles. The van der Waals surface area contributed by atoms with E-state index < -0.39 is 140 Å². The van der Waals surface area contributed by atoms with Crippen LogP contribution in [0.3, 0.4) is 0 Å². The zero-order chi connectivity index (χ0) is 56.2. The summed E-state index contributed by atoms with van der Waals surface area (Å²) in [6.45, 7) is 0.932. The molecule has 9 N–H and O–H groups in total. The summed E-state index contributed by atoms with van der Waals surface area (Å²) in [5.74, 6) is -9.02. The molecule has 2 aromatic heterocycles. The average Bonchev–Trinajstić information content (AvgIpc) is 4.15. The number of carbonyl (C=O) groups excluding carboxylic acids is 9. The van der Waals surface area contributed by atoms with Crippen LogP contribution in [0.5, 0.6) is 0 Å². The number of imide groups is 1. The highest BCUT2D eigenvalue weighted by Crippen LogP contribution is 2.46. The van der Waals surface area contributed by atoms with Gasteiger partial charge < -0.3 is 61.5 Å². The minimum Gasteiger partial charge on any atom is -0.480 e. The van der Waals surface area contributed by atoms with E-state index >= 15 is 4.39 Å². The van der Waals surface area contributed by atoms with E-state index in [9.17, 15) is 57.8 Å². The lowest BCUT2D eigenvalue weighted by Crippen LogP contribution is -2.56. The maximum Gasteiger partial charge on any atom is 0.343 e. The second-order valence-electron chi connectivity index (χ2n) is 18.9. The van der Waals surface area contributed by atoms with E-state index in [0.29, 0.717) is 62.3 Å². The number of aliphatic carboxylic acids is 1. The topological polar surface area (TPSA) is 352 Å². The van der Waals surface area contributed by atoms with Crippen molar-refractivity contribution in [3.05, 3.63) is 110 Å². The molecule has 26 heteroatoms. The first-order valence-corrected chi connectivity index (χ1v) is 24.8. The Balaban J connectivity index is 0.848. The summed E-state index contributed by atoms with van der Waals surface area (Å²) in [5.41, 5.74) is 1.58. The van der Waals surface area contributed by atoms with Crippen LogP contribution in [0.15, 0.2) is 59.4 Å². The first kappa shape index (κ1) is 55.5. The molecule has 4 aliphatic rings. The van der Waals surface area contributed by atoms with Gasteiger partial charge in [0.05, 0.1) is 61.2 Å². The Bertz CT molecular complexity index is 3260. The number of aliphatic hydroxyl groups is 1. The van der Waals surface area contributed by atoms with Crippen molar-refractivity contribution in [3.8, 4) is 11.4 Å². The summed E-state index contributed by atoms with van der Waals surface area (Å²) >= 11 is 0. The number of fused-ring (bicyclic) bond motifs is 5. The standard InChI is InChI=1S/C52H55FN10O15/c1-4-52(76)31-15-36-46-29(22-62(36)50(74)30(31)23-77-51(52)75)45-33(11-10-28-25(2)32(53)16-34(60-46)44(28)45)61-47(71)26(3)78-24-58-39(65)19-56-48(72)35(14-27-8-6-5-7-9-27)59-40(66)20-55-38(64)18-57-49(73)37(17-54-21-43(69)70)63-41(67)12-13-42(63)68/h5-9,12-13,15-16,26,33,35,37,54,76H,4,10-11,14,17-24H2,1-3H3,(H,55,64)(H,56,72)(H,57,73)(H,58,65)(H,59,66)(H,61,71)(H,69,70)/t26-,33-,35-,37+,52-/m0/s1. The number of esters is 1. The highest BCUT2D eigenvalue weighted by molar-refractivity contribution is 6.15. The predicted molar refractivity (Wildman–Crippen MR) is 268 cm³/mol. The van der Waals surface area contributed by atoms with Crippen molar-refractivity contribution in [2.24, 2.45) is 0 Å². The Labute approximate surface area is 442 Å². The quantitative estimate of drug-likeness (QED) is 0.0209. The van der Waals surface area contributed by atoms with Crippen molar-refractivity contribution >= 4 is 70.1 Å². The Hall–Kier alpha value is -8.75. The second-order valence-corrected chi connectivity index (χ2v) is 18.9. The molecule has 1 aliphatic carbocycles. The van der Waals surface area contributed by atoms with Gasteiger partial charge in [0.25, 0.3) is 17.4 Å². The van der Waals surface area contributed by atoms with Crippen LogP contribution in [-0.2, 0) is 89.0 Å². The molecule has 4 aromatic rings. The van der Waals surface area contributed by atoms with Gasteiger partial charge in [-0.25, -0.2) is 14.2 Å². The summed E-state index contributed by atoms with van der Waals surface area (Å²) in [4.78, 5) is 147. The normalized spacial score (nSPS) is 17.9. The largest absolute Gasteiger partial charge is 0.480 e.